The first kappa shape index (κ1) is 11.7. The number of anilines is 1. The SMILES string of the molecule is Cc1ccc(OCCOCCO)c(N)n1. The zero-order chi connectivity index (χ0) is 11.1. The fraction of sp³-hybridized carbons (Fsp3) is 0.500. The van der Waals surface area contributed by atoms with Crippen molar-refractivity contribution in [2.75, 3.05) is 32.2 Å². The minimum Gasteiger partial charge on any atom is -0.487 e. The van der Waals surface area contributed by atoms with Crippen molar-refractivity contribution in [3.05, 3.63) is 17.8 Å². The molecule has 0 aliphatic rings. The van der Waals surface area contributed by atoms with Gasteiger partial charge >= 0.3 is 0 Å². The van der Waals surface area contributed by atoms with Crippen LogP contribution in [0.4, 0.5) is 5.82 Å². The van der Waals surface area contributed by atoms with Gasteiger partial charge in [0.1, 0.15) is 6.61 Å². The first-order valence-corrected chi connectivity index (χ1v) is 4.78. The van der Waals surface area contributed by atoms with Crippen LogP contribution in [0.15, 0.2) is 12.1 Å². The first-order valence-electron chi connectivity index (χ1n) is 4.78. The Morgan fingerprint density at radius 1 is 1.33 bits per heavy atom. The summed E-state index contributed by atoms with van der Waals surface area (Å²) in [5.74, 6) is 0.949. The van der Waals surface area contributed by atoms with E-state index < -0.39 is 0 Å². The molecule has 0 atom stereocenters. The average Bonchev–Trinajstić information content (AvgIpc) is 2.20. The highest BCUT2D eigenvalue weighted by Crippen LogP contribution is 2.18. The Kier molecular flexibility index (Phi) is 4.86. The van der Waals surface area contributed by atoms with E-state index in [1.807, 2.05) is 13.0 Å². The van der Waals surface area contributed by atoms with Crippen molar-refractivity contribution < 1.29 is 14.6 Å². The van der Waals surface area contributed by atoms with Gasteiger partial charge in [0.05, 0.1) is 19.8 Å². The van der Waals surface area contributed by atoms with E-state index in [0.717, 1.165) is 5.69 Å². The Balaban J connectivity index is 2.31. The summed E-state index contributed by atoms with van der Waals surface area (Å²) in [7, 11) is 0. The number of hydrogen-bond acceptors (Lipinski definition) is 5. The molecule has 0 aliphatic heterocycles. The highest BCUT2D eigenvalue weighted by molar-refractivity contribution is 5.46. The van der Waals surface area contributed by atoms with Crippen molar-refractivity contribution in [2.24, 2.45) is 0 Å². The molecule has 1 heterocycles. The van der Waals surface area contributed by atoms with Crippen LogP contribution < -0.4 is 10.5 Å². The summed E-state index contributed by atoms with van der Waals surface area (Å²) in [6, 6.07) is 3.62. The van der Waals surface area contributed by atoms with Gasteiger partial charge in [-0.1, -0.05) is 0 Å². The second-order valence-electron chi connectivity index (χ2n) is 3.02. The Hall–Kier alpha value is -1.33. The summed E-state index contributed by atoms with van der Waals surface area (Å²) in [6.07, 6.45) is 0. The molecular formula is C10H16N2O3. The quantitative estimate of drug-likeness (QED) is 0.666. The van der Waals surface area contributed by atoms with Crippen molar-refractivity contribution in [3.8, 4) is 5.75 Å². The van der Waals surface area contributed by atoms with Crippen LogP contribution in [0.1, 0.15) is 5.69 Å². The lowest BCUT2D eigenvalue weighted by molar-refractivity contribution is 0.0706. The fourth-order valence-electron chi connectivity index (χ4n) is 1.06. The Bertz CT molecular complexity index is 305. The number of aliphatic hydroxyl groups is 1. The van der Waals surface area contributed by atoms with E-state index in [1.54, 1.807) is 6.07 Å². The number of rotatable bonds is 6. The molecule has 0 radical (unpaired) electrons. The molecule has 0 bridgehead atoms. The first-order chi connectivity index (χ1) is 7.24. The van der Waals surface area contributed by atoms with Crippen LogP contribution in [-0.2, 0) is 4.74 Å². The smallest absolute Gasteiger partial charge is 0.166 e. The predicted octanol–water partition coefficient (Wildman–Crippen LogP) is 0.360. The van der Waals surface area contributed by atoms with Crippen LogP contribution in [0.3, 0.4) is 0 Å². The second kappa shape index (κ2) is 6.21. The van der Waals surface area contributed by atoms with E-state index >= 15 is 0 Å². The standard InChI is InChI=1S/C10H16N2O3/c1-8-2-3-9(10(11)12-8)15-7-6-14-5-4-13/h2-3,13H,4-7H2,1H3,(H2,11,12). The molecule has 1 rings (SSSR count). The fourth-order valence-corrected chi connectivity index (χ4v) is 1.06. The van der Waals surface area contributed by atoms with Crippen molar-refractivity contribution in [3.63, 3.8) is 0 Å². The maximum Gasteiger partial charge on any atom is 0.166 e. The van der Waals surface area contributed by atoms with E-state index in [1.165, 1.54) is 0 Å². The topological polar surface area (TPSA) is 77.6 Å². The molecule has 0 spiro atoms. The number of aromatic nitrogens is 1. The number of aliphatic hydroxyl groups excluding tert-OH is 1. The van der Waals surface area contributed by atoms with Crippen LogP contribution in [0.5, 0.6) is 5.75 Å². The molecule has 1 aromatic rings. The van der Waals surface area contributed by atoms with Crippen LogP contribution in [0, 0.1) is 6.92 Å². The molecule has 0 saturated carbocycles. The van der Waals surface area contributed by atoms with E-state index in [9.17, 15) is 0 Å². The molecule has 0 amide bonds. The zero-order valence-corrected chi connectivity index (χ0v) is 8.77. The number of nitrogens with two attached hydrogens (primary N) is 1. The van der Waals surface area contributed by atoms with Crippen LogP contribution in [0.25, 0.3) is 0 Å². The molecule has 3 N–H and O–H groups in total. The van der Waals surface area contributed by atoms with Crippen LogP contribution in [-0.4, -0.2) is 36.5 Å². The van der Waals surface area contributed by atoms with Gasteiger partial charge in [-0.2, -0.15) is 0 Å². The number of aryl methyl sites for hydroxylation is 1. The average molecular weight is 212 g/mol. The third kappa shape index (κ3) is 4.14. The van der Waals surface area contributed by atoms with Gasteiger partial charge in [0.25, 0.3) is 0 Å². The normalized spacial score (nSPS) is 10.3. The number of nitrogens with zero attached hydrogens (tertiary/aromatic N) is 1. The van der Waals surface area contributed by atoms with Gasteiger partial charge in [0.2, 0.25) is 0 Å². The maximum atomic E-state index is 8.46. The molecule has 0 aromatic carbocycles. The Labute approximate surface area is 88.8 Å². The summed E-state index contributed by atoms with van der Waals surface area (Å²) in [5, 5.41) is 8.46. The zero-order valence-electron chi connectivity index (χ0n) is 8.77. The van der Waals surface area contributed by atoms with Crippen LogP contribution >= 0.6 is 0 Å². The molecule has 15 heavy (non-hydrogen) atoms. The summed E-state index contributed by atoms with van der Waals surface area (Å²) in [4.78, 5) is 4.06. The van der Waals surface area contributed by atoms with Crippen LogP contribution in [0.2, 0.25) is 0 Å². The molecule has 5 heteroatoms. The maximum absolute atomic E-state index is 8.46. The molecule has 0 unspecified atom stereocenters. The summed E-state index contributed by atoms with van der Waals surface area (Å²) in [6.45, 7) is 3.03. The van der Waals surface area contributed by atoms with E-state index in [-0.39, 0.29) is 6.61 Å². The lowest BCUT2D eigenvalue weighted by Crippen LogP contribution is -2.10. The van der Waals surface area contributed by atoms with Crippen molar-refractivity contribution >= 4 is 5.82 Å². The lowest BCUT2D eigenvalue weighted by Gasteiger charge is -2.08. The van der Waals surface area contributed by atoms with Crippen molar-refractivity contribution in [2.45, 2.75) is 6.92 Å². The number of hydrogen-bond donors (Lipinski definition) is 2. The molecule has 84 valence electrons. The Morgan fingerprint density at radius 3 is 2.80 bits per heavy atom. The molecule has 1 aromatic heterocycles. The molecule has 0 saturated heterocycles. The van der Waals surface area contributed by atoms with Crippen molar-refractivity contribution in [1.82, 2.24) is 4.98 Å². The predicted molar refractivity (Wildman–Crippen MR) is 56.8 cm³/mol. The molecule has 0 fully saturated rings. The molecular weight excluding hydrogens is 196 g/mol. The van der Waals surface area contributed by atoms with E-state index in [2.05, 4.69) is 4.98 Å². The number of nitrogen functional groups attached to an aromatic ring is 1. The van der Waals surface area contributed by atoms with Gasteiger partial charge in [-0.25, -0.2) is 4.98 Å². The highest BCUT2D eigenvalue weighted by Gasteiger charge is 2.01. The minimum absolute atomic E-state index is 0.0220. The molecule has 5 nitrogen and oxygen atoms in total. The van der Waals surface area contributed by atoms with Gasteiger partial charge in [0, 0.05) is 5.69 Å². The van der Waals surface area contributed by atoms with E-state index in [0.29, 0.717) is 31.4 Å². The highest BCUT2D eigenvalue weighted by atomic mass is 16.5. The molecule has 0 aliphatic carbocycles. The lowest BCUT2D eigenvalue weighted by atomic mass is 10.3. The number of pyridine rings is 1. The summed E-state index contributed by atoms with van der Waals surface area (Å²) < 4.78 is 10.4. The minimum atomic E-state index is 0.0220. The number of ether oxygens (including phenoxy) is 2. The third-order valence-corrected chi connectivity index (χ3v) is 1.75. The van der Waals surface area contributed by atoms with E-state index in [4.69, 9.17) is 20.3 Å². The largest absolute Gasteiger partial charge is 0.487 e. The third-order valence-electron chi connectivity index (χ3n) is 1.75. The monoisotopic (exact) mass is 212 g/mol. The van der Waals surface area contributed by atoms with Gasteiger partial charge < -0.3 is 20.3 Å². The summed E-state index contributed by atoms with van der Waals surface area (Å²) in [5.41, 5.74) is 6.50. The van der Waals surface area contributed by atoms with Gasteiger partial charge in [-0.05, 0) is 19.1 Å². The summed E-state index contributed by atoms with van der Waals surface area (Å²) >= 11 is 0. The van der Waals surface area contributed by atoms with Gasteiger partial charge in [-0.3, -0.25) is 0 Å². The Morgan fingerprint density at radius 2 is 2.13 bits per heavy atom. The van der Waals surface area contributed by atoms with Gasteiger partial charge in [0.15, 0.2) is 11.6 Å². The van der Waals surface area contributed by atoms with Gasteiger partial charge in [-0.15, -0.1) is 0 Å². The second-order valence-corrected chi connectivity index (χ2v) is 3.02. The van der Waals surface area contributed by atoms with Crippen molar-refractivity contribution in [1.29, 1.82) is 0 Å².